The van der Waals surface area contributed by atoms with E-state index in [0.717, 1.165) is 29.3 Å². The molecule has 4 aliphatic carbocycles. The second kappa shape index (κ2) is 6.83. The van der Waals surface area contributed by atoms with E-state index in [-0.39, 0.29) is 17.7 Å². The summed E-state index contributed by atoms with van der Waals surface area (Å²) in [7, 11) is 0. The number of amides is 1. The maximum absolute atomic E-state index is 13.1. The third kappa shape index (κ3) is 3.40. The molecule has 5 rings (SSSR count). The van der Waals surface area contributed by atoms with Crippen LogP contribution in [0, 0.1) is 23.2 Å². The van der Waals surface area contributed by atoms with E-state index < -0.39 is 12.0 Å². The quantitative estimate of drug-likeness (QED) is 0.712. The Labute approximate surface area is 166 Å². The van der Waals surface area contributed by atoms with Gasteiger partial charge in [-0.15, -0.1) is 0 Å². The molecule has 1 amide bonds. The van der Waals surface area contributed by atoms with Crippen molar-refractivity contribution in [2.24, 2.45) is 23.2 Å². The summed E-state index contributed by atoms with van der Waals surface area (Å²) in [6.45, 7) is 0. The molecule has 0 aliphatic heterocycles. The Hall–Kier alpha value is -1.07. The van der Waals surface area contributed by atoms with E-state index in [4.69, 9.17) is 11.6 Å². The van der Waals surface area contributed by atoms with Crippen molar-refractivity contribution in [3.63, 3.8) is 0 Å². The van der Waals surface area contributed by atoms with Gasteiger partial charge in [0.1, 0.15) is 6.04 Å². The summed E-state index contributed by atoms with van der Waals surface area (Å²) in [6, 6.07) is 4.36. The lowest BCUT2D eigenvalue weighted by Gasteiger charge is -2.55. The van der Waals surface area contributed by atoms with E-state index in [1.54, 1.807) is 18.2 Å². The molecule has 4 aliphatic rings. The normalized spacial score (nSPS) is 33.1. The Morgan fingerprint density at radius 3 is 2.31 bits per heavy atom. The minimum absolute atomic E-state index is 0.0536. The monoisotopic (exact) mass is 439 g/mol. The van der Waals surface area contributed by atoms with Crippen LogP contribution in [0.5, 0.6) is 0 Å². The van der Waals surface area contributed by atoms with Crippen molar-refractivity contribution in [2.75, 3.05) is 0 Å². The summed E-state index contributed by atoms with van der Waals surface area (Å²) in [4.78, 5) is 24.9. The lowest BCUT2D eigenvalue weighted by Crippen LogP contribution is -2.56. The SMILES string of the molecule is O=C(O)[C@@H](Cc1cc(Cl)ccc1Br)NC(=O)C12CC3CC(CC(C3)C1)C2. The standard InChI is InChI=1S/C20H23BrClNO3/c21-16-2-1-15(22)6-14(16)7-17(18(24)25)23-19(26)20-8-11-3-12(9-20)5-13(4-11)10-20/h1-2,6,11-13,17H,3-5,7-10H2,(H,23,26)(H,24,25)/t11?,12?,13?,17-,20?/m1/s1. The molecule has 26 heavy (non-hydrogen) atoms. The smallest absolute Gasteiger partial charge is 0.326 e. The van der Waals surface area contributed by atoms with Gasteiger partial charge in [0.15, 0.2) is 0 Å². The molecule has 6 heteroatoms. The van der Waals surface area contributed by atoms with Crippen molar-refractivity contribution >= 4 is 39.4 Å². The van der Waals surface area contributed by atoms with Gasteiger partial charge in [-0.1, -0.05) is 27.5 Å². The van der Waals surface area contributed by atoms with Crippen LogP contribution in [-0.4, -0.2) is 23.0 Å². The minimum Gasteiger partial charge on any atom is -0.480 e. The summed E-state index contributed by atoms with van der Waals surface area (Å²) in [5.74, 6) is 0.893. The number of carbonyl (C=O) groups excluding carboxylic acids is 1. The average molecular weight is 441 g/mol. The van der Waals surface area contributed by atoms with Gasteiger partial charge in [0.25, 0.3) is 0 Å². The molecule has 4 bridgehead atoms. The zero-order valence-corrected chi connectivity index (χ0v) is 16.9. The molecular formula is C20H23BrClNO3. The van der Waals surface area contributed by atoms with Crippen LogP contribution in [0.3, 0.4) is 0 Å². The van der Waals surface area contributed by atoms with Crippen LogP contribution in [-0.2, 0) is 16.0 Å². The van der Waals surface area contributed by atoms with Gasteiger partial charge in [-0.3, -0.25) is 4.79 Å². The van der Waals surface area contributed by atoms with Gasteiger partial charge in [0.2, 0.25) is 5.91 Å². The Bertz CT molecular complexity index is 715. The maximum atomic E-state index is 13.1. The number of carboxylic acids is 1. The molecule has 2 N–H and O–H groups in total. The number of carboxylic acid groups (broad SMARTS) is 1. The Morgan fingerprint density at radius 2 is 1.77 bits per heavy atom. The van der Waals surface area contributed by atoms with Gasteiger partial charge in [-0.25, -0.2) is 4.79 Å². The third-order valence-corrected chi connectivity index (χ3v) is 7.56. The molecular weight excluding hydrogens is 418 g/mol. The predicted molar refractivity (Wildman–Crippen MR) is 103 cm³/mol. The number of carbonyl (C=O) groups is 2. The fourth-order valence-electron chi connectivity index (χ4n) is 5.82. The Kier molecular flexibility index (Phi) is 4.81. The molecule has 4 nitrogen and oxygen atoms in total. The van der Waals surface area contributed by atoms with Crippen molar-refractivity contribution in [3.8, 4) is 0 Å². The first-order valence-corrected chi connectivity index (χ1v) is 10.5. The van der Waals surface area contributed by atoms with Crippen molar-refractivity contribution in [2.45, 2.75) is 51.0 Å². The maximum Gasteiger partial charge on any atom is 0.326 e. The van der Waals surface area contributed by atoms with E-state index in [0.29, 0.717) is 22.8 Å². The topological polar surface area (TPSA) is 66.4 Å². The first-order chi connectivity index (χ1) is 12.3. The molecule has 4 fully saturated rings. The first-order valence-electron chi connectivity index (χ1n) is 9.32. The van der Waals surface area contributed by atoms with Gasteiger partial charge in [-0.05, 0) is 80.0 Å². The minimum atomic E-state index is -1.00. The van der Waals surface area contributed by atoms with E-state index in [2.05, 4.69) is 21.2 Å². The predicted octanol–water partition coefficient (Wildman–Crippen LogP) is 4.43. The number of hydrogen-bond donors (Lipinski definition) is 2. The van der Waals surface area contributed by atoms with E-state index >= 15 is 0 Å². The first kappa shape index (κ1) is 18.3. The summed E-state index contributed by atoms with van der Waals surface area (Å²) in [5, 5.41) is 13.1. The Morgan fingerprint density at radius 1 is 1.19 bits per heavy atom. The average Bonchev–Trinajstić information content (AvgIpc) is 2.56. The van der Waals surface area contributed by atoms with E-state index in [1.165, 1.54) is 19.3 Å². The van der Waals surface area contributed by atoms with Gasteiger partial charge in [-0.2, -0.15) is 0 Å². The molecule has 0 saturated heterocycles. The molecule has 1 aromatic carbocycles. The molecule has 1 aromatic rings. The van der Waals surface area contributed by atoms with E-state index in [9.17, 15) is 14.7 Å². The van der Waals surface area contributed by atoms with Crippen LogP contribution in [0.2, 0.25) is 5.02 Å². The zero-order valence-electron chi connectivity index (χ0n) is 14.5. The number of hydrogen-bond acceptors (Lipinski definition) is 2. The number of halogens is 2. The summed E-state index contributed by atoms with van der Waals surface area (Å²) in [5.41, 5.74) is 0.448. The van der Waals surface area contributed by atoms with Gasteiger partial charge >= 0.3 is 5.97 Å². The number of aliphatic carboxylic acids is 1. The molecule has 1 atom stereocenters. The van der Waals surface area contributed by atoms with Crippen LogP contribution >= 0.6 is 27.5 Å². The third-order valence-electron chi connectivity index (χ3n) is 6.56. The van der Waals surface area contributed by atoms with Gasteiger partial charge in [0, 0.05) is 21.3 Å². The highest BCUT2D eigenvalue weighted by Gasteiger charge is 2.54. The summed E-state index contributed by atoms with van der Waals surface area (Å²) >= 11 is 9.48. The fraction of sp³-hybridized carbons (Fsp3) is 0.600. The molecule has 0 spiro atoms. The van der Waals surface area contributed by atoms with Crippen LogP contribution < -0.4 is 5.32 Å². The lowest BCUT2D eigenvalue weighted by molar-refractivity contribution is -0.151. The number of nitrogens with one attached hydrogen (secondary N) is 1. The summed E-state index contributed by atoms with van der Waals surface area (Å²) in [6.07, 6.45) is 6.77. The number of rotatable bonds is 5. The Balaban J connectivity index is 1.51. The molecule has 0 unspecified atom stereocenters. The van der Waals surface area contributed by atoms with Gasteiger partial charge < -0.3 is 10.4 Å². The van der Waals surface area contributed by atoms with E-state index in [1.807, 2.05) is 0 Å². The highest BCUT2D eigenvalue weighted by atomic mass is 79.9. The fourth-order valence-corrected chi connectivity index (χ4v) is 6.42. The van der Waals surface area contributed by atoms with Crippen molar-refractivity contribution < 1.29 is 14.7 Å². The zero-order chi connectivity index (χ0) is 18.5. The second-order valence-electron chi connectivity index (χ2n) is 8.50. The van der Waals surface area contributed by atoms with Crippen molar-refractivity contribution in [3.05, 3.63) is 33.3 Å². The van der Waals surface area contributed by atoms with Crippen molar-refractivity contribution in [1.29, 1.82) is 0 Å². The largest absolute Gasteiger partial charge is 0.480 e. The number of benzene rings is 1. The van der Waals surface area contributed by atoms with Crippen LogP contribution in [0.15, 0.2) is 22.7 Å². The second-order valence-corrected chi connectivity index (χ2v) is 9.79. The molecule has 0 aromatic heterocycles. The molecule has 4 saturated carbocycles. The molecule has 0 radical (unpaired) electrons. The molecule has 140 valence electrons. The summed E-state index contributed by atoms with van der Waals surface area (Å²) < 4.78 is 0.803. The highest BCUT2D eigenvalue weighted by molar-refractivity contribution is 9.10. The van der Waals surface area contributed by atoms with Crippen LogP contribution in [0.4, 0.5) is 0 Å². The molecule has 0 heterocycles. The van der Waals surface area contributed by atoms with Gasteiger partial charge in [0.05, 0.1) is 0 Å². The highest BCUT2D eigenvalue weighted by Crippen LogP contribution is 2.60. The van der Waals surface area contributed by atoms with Crippen LogP contribution in [0.25, 0.3) is 0 Å². The van der Waals surface area contributed by atoms with Crippen LogP contribution in [0.1, 0.15) is 44.1 Å². The lowest BCUT2D eigenvalue weighted by atomic mass is 9.49. The van der Waals surface area contributed by atoms with Crippen molar-refractivity contribution in [1.82, 2.24) is 5.32 Å².